The molecule has 1 atom stereocenters. The lowest BCUT2D eigenvalue weighted by atomic mass is 9.93. The fraction of sp³-hybridized carbons (Fsp3) is 0.133. The lowest BCUT2D eigenvalue weighted by molar-refractivity contribution is -0.109. The summed E-state index contributed by atoms with van der Waals surface area (Å²) in [5.74, 6) is -0.0979. The highest BCUT2D eigenvalue weighted by atomic mass is 127. The first-order chi connectivity index (χ1) is 8.70. The van der Waals surface area contributed by atoms with Crippen molar-refractivity contribution in [2.75, 3.05) is 0 Å². The Labute approximate surface area is 125 Å². The quantitative estimate of drug-likeness (QED) is 0.573. The highest BCUT2D eigenvalue weighted by Crippen LogP contribution is 2.24. The molecule has 0 aliphatic rings. The number of hydrogen-bond donors (Lipinski definition) is 0. The molecule has 0 fully saturated rings. The van der Waals surface area contributed by atoms with Gasteiger partial charge in [-0.05, 0) is 58.3 Å². The van der Waals surface area contributed by atoms with Crippen LogP contribution >= 0.6 is 34.2 Å². The van der Waals surface area contributed by atoms with Crippen LogP contribution in [0.15, 0.2) is 48.5 Å². The maximum absolute atomic E-state index is 11.3. The SMILES string of the molecule is O=CC(Cc1ccc(Cl)cc1)c1ccccc1I. The Kier molecular flexibility index (Phi) is 4.78. The molecule has 2 aromatic carbocycles. The minimum Gasteiger partial charge on any atom is -0.303 e. The van der Waals surface area contributed by atoms with Gasteiger partial charge in [0.2, 0.25) is 0 Å². The van der Waals surface area contributed by atoms with Crippen LogP contribution in [-0.4, -0.2) is 6.29 Å². The predicted octanol–water partition coefficient (Wildman–Crippen LogP) is 4.47. The second kappa shape index (κ2) is 6.34. The molecule has 0 aliphatic carbocycles. The average molecular weight is 371 g/mol. The molecular formula is C15H12ClIO. The summed E-state index contributed by atoms with van der Waals surface area (Å²) >= 11 is 8.12. The van der Waals surface area contributed by atoms with Crippen LogP contribution in [-0.2, 0) is 11.2 Å². The van der Waals surface area contributed by atoms with Crippen LogP contribution in [0.2, 0.25) is 5.02 Å². The van der Waals surface area contributed by atoms with E-state index in [1.807, 2.05) is 48.5 Å². The van der Waals surface area contributed by atoms with E-state index in [4.69, 9.17) is 11.6 Å². The van der Waals surface area contributed by atoms with Crippen molar-refractivity contribution in [2.45, 2.75) is 12.3 Å². The molecule has 2 aromatic rings. The van der Waals surface area contributed by atoms with Crippen molar-refractivity contribution in [2.24, 2.45) is 0 Å². The maximum atomic E-state index is 11.3. The van der Waals surface area contributed by atoms with Crippen molar-refractivity contribution in [3.8, 4) is 0 Å². The van der Waals surface area contributed by atoms with Gasteiger partial charge in [0.15, 0.2) is 0 Å². The fourth-order valence-corrected chi connectivity index (χ4v) is 2.79. The molecule has 0 N–H and O–H groups in total. The smallest absolute Gasteiger partial charge is 0.127 e. The van der Waals surface area contributed by atoms with Crippen molar-refractivity contribution in [3.05, 3.63) is 68.3 Å². The molecule has 1 unspecified atom stereocenters. The van der Waals surface area contributed by atoms with E-state index in [9.17, 15) is 4.79 Å². The minimum absolute atomic E-state index is 0.0979. The van der Waals surface area contributed by atoms with E-state index in [2.05, 4.69) is 22.6 Å². The van der Waals surface area contributed by atoms with Crippen molar-refractivity contribution in [3.63, 3.8) is 0 Å². The van der Waals surface area contributed by atoms with Gasteiger partial charge in [0.1, 0.15) is 6.29 Å². The Hall–Kier alpha value is -0.870. The molecule has 0 amide bonds. The molecule has 0 spiro atoms. The van der Waals surface area contributed by atoms with Gasteiger partial charge in [0, 0.05) is 14.5 Å². The van der Waals surface area contributed by atoms with Crippen LogP contribution in [0, 0.1) is 3.57 Å². The zero-order valence-electron chi connectivity index (χ0n) is 9.64. The minimum atomic E-state index is -0.0979. The first-order valence-corrected chi connectivity index (χ1v) is 7.10. The molecule has 0 saturated carbocycles. The molecule has 18 heavy (non-hydrogen) atoms. The summed E-state index contributed by atoms with van der Waals surface area (Å²) in [6.07, 6.45) is 1.73. The normalized spacial score (nSPS) is 12.1. The van der Waals surface area contributed by atoms with Gasteiger partial charge < -0.3 is 4.79 Å². The monoisotopic (exact) mass is 370 g/mol. The van der Waals surface area contributed by atoms with E-state index < -0.39 is 0 Å². The Bertz CT molecular complexity index is 536. The third-order valence-corrected chi connectivity index (χ3v) is 4.07. The highest BCUT2D eigenvalue weighted by molar-refractivity contribution is 14.1. The zero-order chi connectivity index (χ0) is 13.0. The molecule has 0 bridgehead atoms. The van der Waals surface area contributed by atoms with Crippen molar-refractivity contribution in [1.82, 2.24) is 0 Å². The number of rotatable bonds is 4. The Morgan fingerprint density at radius 3 is 2.39 bits per heavy atom. The van der Waals surface area contributed by atoms with Crippen molar-refractivity contribution in [1.29, 1.82) is 0 Å². The number of carbonyl (C=O) groups excluding carboxylic acids is 1. The standard InChI is InChI=1S/C15H12ClIO/c16-13-7-5-11(6-8-13)9-12(10-18)14-3-1-2-4-15(14)17/h1-8,10,12H,9H2. The second-order valence-electron chi connectivity index (χ2n) is 4.09. The maximum Gasteiger partial charge on any atom is 0.127 e. The van der Waals surface area contributed by atoms with E-state index in [-0.39, 0.29) is 5.92 Å². The fourth-order valence-electron chi connectivity index (χ4n) is 1.88. The summed E-state index contributed by atoms with van der Waals surface area (Å²) in [5.41, 5.74) is 2.21. The van der Waals surface area contributed by atoms with Crippen molar-refractivity contribution < 1.29 is 4.79 Å². The topological polar surface area (TPSA) is 17.1 Å². The third kappa shape index (κ3) is 3.33. The summed E-state index contributed by atoms with van der Waals surface area (Å²) in [5, 5.41) is 0.718. The van der Waals surface area contributed by atoms with Gasteiger partial charge in [-0.2, -0.15) is 0 Å². The predicted molar refractivity (Wildman–Crippen MR) is 83.1 cm³/mol. The van der Waals surface area contributed by atoms with Crippen LogP contribution < -0.4 is 0 Å². The highest BCUT2D eigenvalue weighted by Gasteiger charge is 2.13. The van der Waals surface area contributed by atoms with Crippen LogP contribution in [0.25, 0.3) is 0 Å². The zero-order valence-corrected chi connectivity index (χ0v) is 12.6. The van der Waals surface area contributed by atoms with Crippen LogP contribution in [0.3, 0.4) is 0 Å². The summed E-state index contributed by atoms with van der Waals surface area (Å²) in [7, 11) is 0. The largest absolute Gasteiger partial charge is 0.303 e. The molecule has 92 valence electrons. The molecule has 0 aromatic heterocycles. The Balaban J connectivity index is 2.22. The van der Waals surface area contributed by atoms with Crippen molar-refractivity contribution >= 4 is 40.5 Å². The molecular weight excluding hydrogens is 359 g/mol. The summed E-state index contributed by atoms with van der Waals surface area (Å²) in [6.45, 7) is 0. The molecule has 0 aliphatic heterocycles. The van der Waals surface area contributed by atoms with E-state index >= 15 is 0 Å². The first kappa shape index (κ1) is 13.6. The van der Waals surface area contributed by atoms with E-state index in [1.54, 1.807) is 0 Å². The van der Waals surface area contributed by atoms with E-state index in [1.165, 1.54) is 0 Å². The molecule has 2 rings (SSSR count). The lowest BCUT2D eigenvalue weighted by Gasteiger charge is -2.12. The lowest BCUT2D eigenvalue weighted by Crippen LogP contribution is -2.06. The average Bonchev–Trinajstić information content (AvgIpc) is 2.39. The summed E-state index contributed by atoms with van der Waals surface area (Å²) < 4.78 is 1.13. The van der Waals surface area contributed by atoms with Crippen LogP contribution in [0.1, 0.15) is 17.0 Å². The molecule has 0 saturated heterocycles. The van der Waals surface area contributed by atoms with E-state index in [0.717, 1.165) is 26.0 Å². The van der Waals surface area contributed by atoms with Gasteiger partial charge in [-0.3, -0.25) is 0 Å². The Morgan fingerprint density at radius 2 is 1.78 bits per heavy atom. The van der Waals surface area contributed by atoms with Gasteiger partial charge in [-0.25, -0.2) is 0 Å². The number of carbonyl (C=O) groups is 1. The number of halogens is 2. The molecule has 0 heterocycles. The Morgan fingerprint density at radius 1 is 1.11 bits per heavy atom. The number of benzene rings is 2. The van der Waals surface area contributed by atoms with Gasteiger partial charge in [-0.1, -0.05) is 41.9 Å². The summed E-state index contributed by atoms with van der Waals surface area (Å²) in [6, 6.07) is 15.6. The third-order valence-electron chi connectivity index (χ3n) is 2.84. The van der Waals surface area contributed by atoms with Gasteiger partial charge in [0.05, 0.1) is 0 Å². The van der Waals surface area contributed by atoms with Crippen LogP contribution in [0.5, 0.6) is 0 Å². The molecule has 3 heteroatoms. The van der Waals surface area contributed by atoms with E-state index in [0.29, 0.717) is 6.42 Å². The summed E-state index contributed by atoms with van der Waals surface area (Å²) in [4.78, 5) is 11.3. The second-order valence-corrected chi connectivity index (χ2v) is 5.69. The number of aldehydes is 1. The van der Waals surface area contributed by atoms with Gasteiger partial charge >= 0.3 is 0 Å². The van der Waals surface area contributed by atoms with Gasteiger partial charge in [0.25, 0.3) is 0 Å². The molecule has 0 radical (unpaired) electrons. The van der Waals surface area contributed by atoms with Gasteiger partial charge in [-0.15, -0.1) is 0 Å². The number of hydrogen-bond acceptors (Lipinski definition) is 1. The first-order valence-electron chi connectivity index (χ1n) is 5.65. The van der Waals surface area contributed by atoms with Crippen LogP contribution in [0.4, 0.5) is 0 Å². The molecule has 1 nitrogen and oxygen atoms in total.